The highest BCUT2D eigenvalue weighted by Gasteiger charge is 2.04. The van der Waals surface area contributed by atoms with Crippen LogP contribution >= 0.6 is 0 Å². The van der Waals surface area contributed by atoms with Gasteiger partial charge >= 0.3 is 5.97 Å². The molecule has 0 radical (unpaired) electrons. The van der Waals surface area contributed by atoms with Crippen LogP contribution in [0.25, 0.3) is 0 Å². The van der Waals surface area contributed by atoms with E-state index in [4.69, 9.17) is 5.11 Å². The van der Waals surface area contributed by atoms with Gasteiger partial charge in [-0.05, 0) is 32.1 Å². The monoisotopic (exact) mass is 186 g/mol. The Kier molecular flexibility index (Phi) is 7.30. The predicted molar refractivity (Wildman–Crippen MR) is 51.5 cm³/mol. The van der Waals surface area contributed by atoms with Crippen LogP contribution in [-0.2, 0) is 4.79 Å². The standard InChI is InChI=1S/C10H18O3/c1-2-3-4-6-9(11)7-5-8-10(12)13/h2,9,11H,1,3-8H2,(H,12,13)/t9-/m1/s1. The van der Waals surface area contributed by atoms with Gasteiger partial charge in [0.2, 0.25) is 0 Å². The average molecular weight is 186 g/mol. The van der Waals surface area contributed by atoms with Crippen molar-refractivity contribution in [2.24, 2.45) is 0 Å². The maximum Gasteiger partial charge on any atom is 0.303 e. The molecule has 0 bridgehead atoms. The molecule has 0 unspecified atom stereocenters. The zero-order valence-corrected chi connectivity index (χ0v) is 7.91. The lowest BCUT2D eigenvalue weighted by atomic mass is 10.1. The van der Waals surface area contributed by atoms with Gasteiger partial charge in [-0.25, -0.2) is 0 Å². The minimum absolute atomic E-state index is 0.151. The van der Waals surface area contributed by atoms with E-state index in [1.807, 2.05) is 6.08 Å². The summed E-state index contributed by atoms with van der Waals surface area (Å²) in [7, 11) is 0. The fraction of sp³-hybridized carbons (Fsp3) is 0.700. The highest BCUT2D eigenvalue weighted by molar-refractivity contribution is 5.66. The number of carbonyl (C=O) groups is 1. The molecule has 3 heteroatoms. The third-order valence-electron chi connectivity index (χ3n) is 1.87. The van der Waals surface area contributed by atoms with E-state index in [1.54, 1.807) is 0 Å². The lowest BCUT2D eigenvalue weighted by Gasteiger charge is -2.07. The average Bonchev–Trinajstić information content (AvgIpc) is 2.04. The third kappa shape index (κ3) is 9.08. The fourth-order valence-electron chi connectivity index (χ4n) is 1.13. The number of allylic oxidation sites excluding steroid dienone is 1. The van der Waals surface area contributed by atoms with Gasteiger partial charge in [0.1, 0.15) is 0 Å². The molecule has 0 saturated heterocycles. The number of carboxylic acid groups (broad SMARTS) is 1. The van der Waals surface area contributed by atoms with Gasteiger partial charge < -0.3 is 10.2 Å². The second-order valence-electron chi connectivity index (χ2n) is 3.16. The van der Waals surface area contributed by atoms with E-state index in [2.05, 4.69) is 6.58 Å². The minimum atomic E-state index is -0.793. The summed E-state index contributed by atoms with van der Waals surface area (Å²) in [5, 5.41) is 17.7. The minimum Gasteiger partial charge on any atom is -0.481 e. The van der Waals surface area contributed by atoms with Gasteiger partial charge in [-0.2, -0.15) is 0 Å². The molecular weight excluding hydrogens is 168 g/mol. The van der Waals surface area contributed by atoms with Gasteiger partial charge in [0.05, 0.1) is 6.10 Å². The summed E-state index contributed by atoms with van der Waals surface area (Å²) >= 11 is 0. The Balaban J connectivity index is 3.24. The van der Waals surface area contributed by atoms with Crippen molar-refractivity contribution >= 4 is 5.97 Å². The fourth-order valence-corrected chi connectivity index (χ4v) is 1.13. The van der Waals surface area contributed by atoms with Gasteiger partial charge in [0.25, 0.3) is 0 Å². The molecule has 0 saturated carbocycles. The molecule has 1 atom stereocenters. The second kappa shape index (κ2) is 7.80. The molecule has 0 aromatic carbocycles. The maximum absolute atomic E-state index is 10.1. The zero-order chi connectivity index (χ0) is 10.1. The smallest absolute Gasteiger partial charge is 0.303 e. The maximum atomic E-state index is 10.1. The molecule has 76 valence electrons. The van der Waals surface area contributed by atoms with Crippen molar-refractivity contribution in [3.8, 4) is 0 Å². The van der Waals surface area contributed by atoms with Gasteiger partial charge in [0.15, 0.2) is 0 Å². The Morgan fingerprint density at radius 1 is 1.38 bits per heavy atom. The van der Waals surface area contributed by atoms with Crippen molar-refractivity contribution in [3.05, 3.63) is 12.7 Å². The summed E-state index contributed by atoms with van der Waals surface area (Å²) in [5.74, 6) is -0.793. The first-order valence-corrected chi connectivity index (χ1v) is 4.67. The molecule has 0 aromatic heterocycles. The molecule has 13 heavy (non-hydrogen) atoms. The number of aliphatic hydroxyl groups is 1. The Hall–Kier alpha value is -0.830. The first kappa shape index (κ1) is 12.2. The second-order valence-corrected chi connectivity index (χ2v) is 3.16. The number of carboxylic acids is 1. The number of rotatable bonds is 8. The SMILES string of the molecule is C=CCCC[C@@H](O)CCCC(=O)O. The van der Waals surface area contributed by atoms with Gasteiger partial charge in [0, 0.05) is 6.42 Å². The Bertz CT molecular complexity index is 154. The number of hydrogen-bond acceptors (Lipinski definition) is 2. The molecular formula is C10H18O3. The number of aliphatic carboxylic acids is 1. The largest absolute Gasteiger partial charge is 0.481 e. The van der Waals surface area contributed by atoms with E-state index >= 15 is 0 Å². The van der Waals surface area contributed by atoms with Crippen molar-refractivity contribution in [2.45, 2.75) is 44.6 Å². The van der Waals surface area contributed by atoms with Crippen LogP contribution in [0, 0.1) is 0 Å². The van der Waals surface area contributed by atoms with E-state index < -0.39 is 5.97 Å². The number of hydrogen-bond donors (Lipinski definition) is 2. The van der Waals surface area contributed by atoms with Crippen LogP contribution in [0.2, 0.25) is 0 Å². The summed E-state index contributed by atoms with van der Waals surface area (Å²) in [5.41, 5.74) is 0. The van der Waals surface area contributed by atoms with Crippen molar-refractivity contribution in [1.29, 1.82) is 0 Å². The van der Waals surface area contributed by atoms with Gasteiger partial charge in [-0.3, -0.25) is 4.79 Å². The van der Waals surface area contributed by atoms with Crippen molar-refractivity contribution in [3.63, 3.8) is 0 Å². The summed E-state index contributed by atoms with van der Waals surface area (Å²) in [4.78, 5) is 10.1. The topological polar surface area (TPSA) is 57.5 Å². The molecule has 3 nitrogen and oxygen atoms in total. The zero-order valence-electron chi connectivity index (χ0n) is 7.91. The molecule has 0 aliphatic rings. The Morgan fingerprint density at radius 2 is 2.00 bits per heavy atom. The summed E-state index contributed by atoms with van der Waals surface area (Å²) in [6.07, 6.45) is 5.36. The molecule has 0 rings (SSSR count). The number of aliphatic hydroxyl groups excluding tert-OH is 1. The Labute approximate surface area is 79.1 Å². The summed E-state index contributed by atoms with van der Waals surface area (Å²) in [6, 6.07) is 0. The lowest BCUT2D eigenvalue weighted by Crippen LogP contribution is -2.07. The van der Waals surface area contributed by atoms with Crippen molar-refractivity contribution in [1.82, 2.24) is 0 Å². The van der Waals surface area contributed by atoms with Gasteiger partial charge in [-0.1, -0.05) is 6.08 Å². The molecule has 0 aliphatic heterocycles. The summed E-state index contributed by atoms with van der Waals surface area (Å²) in [6.45, 7) is 3.58. The molecule has 0 aromatic rings. The van der Waals surface area contributed by atoms with Crippen LogP contribution < -0.4 is 0 Å². The molecule has 0 aliphatic carbocycles. The quantitative estimate of drug-likeness (QED) is 0.450. The normalized spacial score (nSPS) is 12.4. The van der Waals surface area contributed by atoms with E-state index in [1.165, 1.54) is 0 Å². The Morgan fingerprint density at radius 3 is 2.54 bits per heavy atom. The van der Waals surface area contributed by atoms with E-state index in [-0.39, 0.29) is 12.5 Å². The number of unbranched alkanes of at least 4 members (excludes halogenated alkanes) is 1. The highest BCUT2D eigenvalue weighted by Crippen LogP contribution is 2.08. The van der Waals surface area contributed by atoms with E-state index in [0.29, 0.717) is 12.8 Å². The van der Waals surface area contributed by atoms with Crippen LogP contribution in [0.15, 0.2) is 12.7 Å². The third-order valence-corrected chi connectivity index (χ3v) is 1.87. The van der Waals surface area contributed by atoms with Gasteiger partial charge in [-0.15, -0.1) is 6.58 Å². The highest BCUT2D eigenvalue weighted by atomic mass is 16.4. The first-order chi connectivity index (χ1) is 6.16. The van der Waals surface area contributed by atoms with Crippen LogP contribution in [0.3, 0.4) is 0 Å². The van der Waals surface area contributed by atoms with E-state index in [0.717, 1.165) is 19.3 Å². The van der Waals surface area contributed by atoms with Crippen molar-refractivity contribution < 1.29 is 15.0 Å². The van der Waals surface area contributed by atoms with Crippen LogP contribution in [0.1, 0.15) is 38.5 Å². The van der Waals surface area contributed by atoms with Crippen LogP contribution in [0.5, 0.6) is 0 Å². The van der Waals surface area contributed by atoms with Crippen LogP contribution in [0.4, 0.5) is 0 Å². The van der Waals surface area contributed by atoms with E-state index in [9.17, 15) is 9.90 Å². The molecule has 2 N–H and O–H groups in total. The van der Waals surface area contributed by atoms with Crippen LogP contribution in [-0.4, -0.2) is 22.3 Å². The predicted octanol–water partition coefficient (Wildman–Crippen LogP) is 1.96. The summed E-state index contributed by atoms with van der Waals surface area (Å²) < 4.78 is 0. The molecule has 0 amide bonds. The van der Waals surface area contributed by atoms with Crippen molar-refractivity contribution in [2.75, 3.05) is 0 Å². The lowest BCUT2D eigenvalue weighted by molar-refractivity contribution is -0.137. The molecule has 0 fully saturated rings. The first-order valence-electron chi connectivity index (χ1n) is 4.67. The molecule has 0 heterocycles. The molecule has 0 spiro atoms.